The van der Waals surface area contributed by atoms with Crippen LogP contribution in [0.2, 0.25) is 0 Å². The molecule has 5 rings (SSSR count). The molecule has 0 aromatic heterocycles. The summed E-state index contributed by atoms with van der Waals surface area (Å²) in [7, 11) is 1.44. The minimum atomic E-state index is -2.07. The first-order chi connectivity index (χ1) is 16.9. The van der Waals surface area contributed by atoms with Gasteiger partial charge in [-0.15, -0.1) is 0 Å². The Kier molecular flexibility index (Phi) is 6.00. The zero-order valence-electron chi connectivity index (χ0n) is 21.8. The summed E-state index contributed by atoms with van der Waals surface area (Å²) in [6.07, 6.45) is 2.64. The molecular formula is C28H38F2O6. The molecule has 0 aromatic carbocycles. The molecule has 1 aliphatic heterocycles. The first-order valence-electron chi connectivity index (χ1n) is 13.2. The molecule has 0 radical (unpaired) electrons. The summed E-state index contributed by atoms with van der Waals surface area (Å²) in [5.41, 5.74) is -6.93. The number of ketones is 2. The zero-order chi connectivity index (χ0) is 26.3. The summed E-state index contributed by atoms with van der Waals surface area (Å²) in [4.78, 5) is 25.7. The Hall–Kier alpha value is -1.48. The average Bonchev–Trinajstić information content (AvgIpc) is 2.83. The smallest absolute Gasteiger partial charge is 0.190 e. The second kappa shape index (κ2) is 8.26. The predicted octanol–water partition coefficient (Wildman–Crippen LogP) is 4.19. The lowest BCUT2D eigenvalue weighted by Crippen LogP contribution is -2.79. The summed E-state index contributed by atoms with van der Waals surface area (Å²) in [5.74, 6) is -1.30. The van der Waals surface area contributed by atoms with E-state index in [2.05, 4.69) is 0 Å². The van der Waals surface area contributed by atoms with E-state index in [1.54, 1.807) is 13.8 Å². The molecule has 2 unspecified atom stereocenters. The van der Waals surface area contributed by atoms with Crippen molar-refractivity contribution in [2.75, 3.05) is 13.7 Å². The van der Waals surface area contributed by atoms with Crippen LogP contribution in [0.15, 0.2) is 23.8 Å². The van der Waals surface area contributed by atoms with Crippen molar-refractivity contribution in [3.63, 3.8) is 0 Å². The molecule has 1 saturated heterocycles. The van der Waals surface area contributed by atoms with E-state index >= 15 is 8.78 Å². The Morgan fingerprint density at radius 2 is 1.94 bits per heavy atom. The van der Waals surface area contributed by atoms with E-state index in [0.717, 1.165) is 6.42 Å². The summed E-state index contributed by atoms with van der Waals surface area (Å²) in [6, 6.07) is 0. The molecule has 3 saturated carbocycles. The molecule has 0 spiro atoms. The number of hydrogen-bond donors (Lipinski definition) is 1. The minimum Gasteiger partial charge on any atom is -0.388 e. The van der Waals surface area contributed by atoms with E-state index in [4.69, 9.17) is 14.2 Å². The van der Waals surface area contributed by atoms with E-state index in [-0.39, 0.29) is 36.7 Å². The van der Waals surface area contributed by atoms with Gasteiger partial charge in [0, 0.05) is 29.8 Å². The van der Waals surface area contributed by atoms with Crippen LogP contribution in [0.3, 0.4) is 0 Å². The number of aliphatic hydroxyl groups excluding tert-OH is 1. The molecule has 1 N–H and O–H groups in total. The zero-order valence-corrected chi connectivity index (χ0v) is 21.8. The SMILES string of the molecule is CCCC1O[C@H]2C[C@@H]3C(C)(C[C@H](OC)[C@]4(F)[C@@]5(C)C=CC(=O)C=C5[C@@H](F)C[C@@]34C)[C@@](C(=O)CO)(C2)O1. The van der Waals surface area contributed by atoms with Gasteiger partial charge >= 0.3 is 0 Å². The highest BCUT2D eigenvalue weighted by Gasteiger charge is 2.80. The van der Waals surface area contributed by atoms with Crippen molar-refractivity contribution in [2.24, 2.45) is 22.2 Å². The summed E-state index contributed by atoms with van der Waals surface area (Å²) >= 11 is 0. The highest BCUT2D eigenvalue weighted by molar-refractivity contribution is 6.01. The van der Waals surface area contributed by atoms with Crippen molar-refractivity contribution < 1.29 is 37.7 Å². The van der Waals surface area contributed by atoms with Gasteiger partial charge in [-0.2, -0.15) is 0 Å². The van der Waals surface area contributed by atoms with Crippen molar-refractivity contribution in [2.45, 2.75) is 102 Å². The Balaban J connectivity index is 1.71. The number of ether oxygens (including phenoxy) is 3. The van der Waals surface area contributed by atoms with Crippen LogP contribution in [-0.2, 0) is 23.8 Å². The average molecular weight is 509 g/mol. The number of Topliss-reactive ketones (excluding diaryl/α,β-unsaturated/α-hetero) is 1. The van der Waals surface area contributed by atoms with Gasteiger partial charge in [0.2, 0.25) is 0 Å². The topological polar surface area (TPSA) is 82.1 Å². The molecule has 2 bridgehead atoms. The van der Waals surface area contributed by atoms with Crippen molar-refractivity contribution >= 4 is 11.6 Å². The predicted molar refractivity (Wildman–Crippen MR) is 128 cm³/mol. The highest BCUT2D eigenvalue weighted by atomic mass is 19.1. The van der Waals surface area contributed by atoms with Gasteiger partial charge in [-0.25, -0.2) is 8.78 Å². The number of methoxy groups -OCH3 is 1. The molecule has 4 fully saturated rings. The fraction of sp³-hybridized carbons (Fsp3) is 0.786. The molecule has 0 aromatic rings. The van der Waals surface area contributed by atoms with Crippen LogP contribution in [-0.4, -0.2) is 66.3 Å². The Labute approximate surface area is 211 Å². The van der Waals surface area contributed by atoms with Crippen molar-refractivity contribution in [1.29, 1.82) is 0 Å². The molecule has 1 heterocycles. The molecule has 36 heavy (non-hydrogen) atoms. The van der Waals surface area contributed by atoms with Crippen LogP contribution in [0.25, 0.3) is 0 Å². The van der Waals surface area contributed by atoms with Gasteiger partial charge < -0.3 is 19.3 Å². The van der Waals surface area contributed by atoms with Gasteiger partial charge in [0.15, 0.2) is 23.5 Å². The monoisotopic (exact) mass is 508 g/mol. The third-order valence-corrected chi connectivity index (χ3v) is 10.6. The maximum atomic E-state index is 18.1. The van der Waals surface area contributed by atoms with E-state index in [1.807, 2.05) is 13.8 Å². The summed E-state index contributed by atoms with van der Waals surface area (Å²) < 4.78 is 52.6. The minimum absolute atomic E-state index is 0.147. The third kappa shape index (κ3) is 2.96. The lowest BCUT2D eigenvalue weighted by atomic mass is 9.35. The maximum Gasteiger partial charge on any atom is 0.190 e. The van der Waals surface area contributed by atoms with E-state index in [0.29, 0.717) is 12.8 Å². The lowest BCUT2D eigenvalue weighted by molar-refractivity contribution is -0.369. The Bertz CT molecular complexity index is 1030. The number of alkyl halides is 2. The molecule has 10 atom stereocenters. The van der Waals surface area contributed by atoms with Crippen LogP contribution < -0.4 is 0 Å². The van der Waals surface area contributed by atoms with Gasteiger partial charge in [0.05, 0.1) is 12.2 Å². The van der Waals surface area contributed by atoms with Gasteiger partial charge in [-0.1, -0.05) is 33.3 Å². The number of aliphatic hydroxyl groups is 1. The number of carbonyl (C=O) groups is 2. The lowest BCUT2D eigenvalue weighted by Gasteiger charge is -2.73. The Morgan fingerprint density at radius 3 is 2.58 bits per heavy atom. The number of allylic oxidation sites excluding steroid dienone is 4. The molecule has 4 aliphatic carbocycles. The fourth-order valence-corrected chi connectivity index (χ4v) is 8.99. The van der Waals surface area contributed by atoms with Gasteiger partial charge in [0.25, 0.3) is 0 Å². The molecule has 0 amide bonds. The first kappa shape index (κ1) is 26.1. The van der Waals surface area contributed by atoms with Crippen molar-refractivity contribution in [1.82, 2.24) is 0 Å². The molecule has 8 heteroatoms. The number of halogens is 2. The second-order valence-electron chi connectivity index (χ2n) is 12.2. The van der Waals surface area contributed by atoms with Crippen LogP contribution in [0, 0.1) is 22.2 Å². The van der Waals surface area contributed by atoms with Crippen LogP contribution in [0.5, 0.6) is 0 Å². The second-order valence-corrected chi connectivity index (χ2v) is 12.2. The van der Waals surface area contributed by atoms with Gasteiger partial charge in [-0.3, -0.25) is 9.59 Å². The molecule has 5 aliphatic rings. The van der Waals surface area contributed by atoms with E-state index < -0.39 is 64.4 Å². The number of fused-ring (bicyclic) bond motifs is 8. The Morgan fingerprint density at radius 1 is 1.22 bits per heavy atom. The first-order valence-corrected chi connectivity index (χ1v) is 13.2. The maximum absolute atomic E-state index is 18.1. The number of rotatable bonds is 5. The van der Waals surface area contributed by atoms with E-state index in [9.17, 15) is 14.7 Å². The van der Waals surface area contributed by atoms with Crippen molar-refractivity contribution in [3.8, 4) is 0 Å². The third-order valence-electron chi connectivity index (χ3n) is 10.6. The van der Waals surface area contributed by atoms with Gasteiger partial charge in [-0.05, 0) is 56.3 Å². The molecular weight excluding hydrogens is 470 g/mol. The summed E-state index contributed by atoms with van der Waals surface area (Å²) in [5, 5.41) is 10.1. The standard InChI is InChI=1S/C28H38F2O6/c1-6-7-23-35-17-11-20-25(3,27(12-17,36-23)21(33)15-31)14-22(34-5)28(30)24(2)9-8-16(32)10-18(24)19(29)13-26(20,28)4/h8-10,17,19-20,22-23,31H,6-7,11-15H2,1-5H3/t17-,19-,20+,22-,23?,24-,25?,26-,27-,28-/m0/s1. The van der Waals surface area contributed by atoms with Crippen LogP contribution in [0.4, 0.5) is 8.78 Å². The molecule has 6 nitrogen and oxygen atoms in total. The van der Waals surface area contributed by atoms with E-state index in [1.165, 1.54) is 25.3 Å². The highest BCUT2D eigenvalue weighted by Crippen LogP contribution is 2.75. The number of carbonyl (C=O) groups excluding carboxylic acids is 2. The fourth-order valence-electron chi connectivity index (χ4n) is 8.99. The molecule has 200 valence electrons. The normalized spacial score (nSPS) is 51.6. The van der Waals surface area contributed by atoms with Crippen LogP contribution in [0.1, 0.15) is 66.2 Å². The quantitative estimate of drug-likeness (QED) is 0.600. The number of hydrogen-bond acceptors (Lipinski definition) is 6. The largest absolute Gasteiger partial charge is 0.388 e. The van der Waals surface area contributed by atoms with Gasteiger partial charge in [0.1, 0.15) is 18.4 Å². The summed E-state index contributed by atoms with van der Waals surface area (Å²) in [6.45, 7) is 6.64. The van der Waals surface area contributed by atoms with Crippen molar-refractivity contribution in [3.05, 3.63) is 23.8 Å². The van der Waals surface area contributed by atoms with Crippen LogP contribution >= 0.6 is 0 Å².